The van der Waals surface area contributed by atoms with E-state index in [0.717, 1.165) is 44.0 Å². The molecule has 2 aliphatic rings. The molecule has 1 saturated heterocycles. The number of sulfone groups is 1. The highest BCUT2D eigenvalue weighted by atomic mass is 32.2. The van der Waals surface area contributed by atoms with E-state index in [1.54, 1.807) is 12.1 Å². The van der Waals surface area contributed by atoms with Gasteiger partial charge in [-0.1, -0.05) is 0 Å². The van der Waals surface area contributed by atoms with Crippen LogP contribution in [0.2, 0.25) is 0 Å². The van der Waals surface area contributed by atoms with Gasteiger partial charge >= 0.3 is 0 Å². The number of ether oxygens (including phenoxy) is 1. The molecule has 0 N–H and O–H groups in total. The fourth-order valence-electron chi connectivity index (χ4n) is 4.82. The van der Waals surface area contributed by atoms with E-state index in [2.05, 4.69) is 44.4 Å². The smallest absolute Gasteiger partial charge is 0.175 e. The van der Waals surface area contributed by atoms with E-state index < -0.39 is 9.84 Å². The minimum Gasteiger partial charge on any atom is -0.487 e. The lowest BCUT2D eigenvalue weighted by Crippen LogP contribution is -2.47. The second-order valence-corrected chi connectivity index (χ2v) is 11.3. The van der Waals surface area contributed by atoms with E-state index >= 15 is 0 Å². The molecule has 2 aromatic rings. The van der Waals surface area contributed by atoms with E-state index in [9.17, 15) is 8.42 Å². The topological polar surface area (TPSA) is 49.9 Å². The second kappa shape index (κ2) is 7.19. The number of benzene rings is 2. The Labute approximate surface area is 180 Å². The van der Waals surface area contributed by atoms with E-state index in [4.69, 9.17) is 4.74 Å². The highest BCUT2D eigenvalue weighted by Crippen LogP contribution is 2.45. The molecule has 0 radical (unpaired) electrons. The van der Waals surface area contributed by atoms with Gasteiger partial charge < -0.3 is 14.5 Å². The highest BCUT2D eigenvalue weighted by molar-refractivity contribution is 7.90. The Balaban J connectivity index is 1.55. The third-order valence-electron chi connectivity index (χ3n) is 6.55. The van der Waals surface area contributed by atoms with Gasteiger partial charge in [0.1, 0.15) is 11.4 Å². The van der Waals surface area contributed by atoms with Crippen LogP contribution in [0, 0.1) is 20.8 Å². The number of hydrogen-bond donors (Lipinski definition) is 0. The minimum atomic E-state index is -3.16. The first-order valence-electron chi connectivity index (χ1n) is 10.6. The van der Waals surface area contributed by atoms with Crippen LogP contribution in [-0.4, -0.2) is 46.5 Å². The van der Waals surface area contributed by atoms with Crippen LogP contribution in [0.3, 0.4) is 0 Å². The summed E-state index contributed by atoms with van der Waals surface area (Å²) in [6, 6.07) is 7.25. The molecule has 5 nitrogen and oxygen atoms in total. The third-order valence-corrected chi connectivity index (χ3v) is 7.68. The molecule has 0 aliphatic carbocycles. The van der Waals surface area contributed by atoms with Gasteiger partial charge in [-0.2, -0.15) is 0 Å². The molecule has 0 bridgehead atoms. The molecule has 4 rings (SSSR count). The molecule has 0 aromatic heterocycles. The van der Waals surface area contributed by atoms with E-state index in [1.807, 2.05) is 12.1 Å². The fourth-order valence-corrected chi connectivity index (χ4v) is 5.46. The van der Waals surface area contributed by atoms with Crippen molar-refractivity contribution in [1.82, 2.24) is 0 Å². The van der Waals surface area contributed by atoms with E-state index in [-0.39, 0.29) is 5.60 Å². The van der Waals surface area contributed by atoms with Gasteiger partial charge in [-0.25, -0.2) is 8.42 Å². The van der Waals surface area contributed by atoms with Crippen molar-refractivity contribution >= 4 is 21.2 Å². The summed E-state index contributed by atoms with van der Waals surface area (Å²) >= 11 is 0. The molecule has 2 aliphatic heterocycles. The monoisotopic (exact) mass is 428 g/mol. The van der Waals surface area contributed by atoms with Crippen LogP contribution in [0.25, 0.3) is 0 Å². The summed E-state index contributed by atoms with van der Waals surface area (Å²) in [6.45, 7) is 14.7. The zero-order valence-electron chi connectivity index (χ0n) is 18.9. The zero-order valence-corrected chi connectivity index (χ0v) is 19.7. The Bertz CT molecular complexity index is 1080. The number of rotatable bonds is 3. The molecule has 2 heterocycles. The van der Waals surface area contributed by atoms with Crippen LogP contribution in [0.5, 0.6) is 5.75 Å². The summed E-state index contributed by atoms with van der Waals surface area (Å²) in [5, 5.41) is 0. The van der Waals surface area contributed by atoms with Crippen molar-refractivity contribution in [2.75, 3.05) is 42.2 Å². The SMILES string of the molecule is Cc1c(C)c(N2CCN(c3ccc(S(C)(=O)=O)cc3)CC2)c(C)c2c1OC(C)(C)C2. The van der Waals surface area contributed by atoms with E-state index in [1.165, 1.54) is 34.2 Å². The van der Waals surface area contributed by atoms with Crippen molar-refractivity contribution in [3.63, 3.8) is 0 Å². The number of piperazine rings is 1. The van der Waals surface area contributed by atoms with Crippen LogP contribution in [0.1, 0.15) is 36.1 Å². The van der Waals surface area contributed by atoms with Gasteiger partial charge in [-0.15, -0.1) is 0 Å². The Morgan fingerprint density at radius 3 is 2.00 bits per heavy atom. The summed E-state index contributed by atoms with van der Waals surface area (Å²) in [5.41, 5.74) is 7.58. The maximum atomic E-state index is 11.7. The quantitative estimate of drug-likeness (QED) is 0.738. The normalized spacial score (nSPS) is 18.3. The summed E-state index contributed by atoms with van der Waals surface area (Å²) in [4.78, 5) is 5.21. The molecular weight excluding hydrogens is 396 g/mol. The number of fused-ring (bicyclic) bond motifs is 1. The molecule has 1 fully saturated rings. The number of anilines is 2. The van der Waals surface area contributed by atoms with Crippen molar-refractivity contribution in [2.24, 2.45) is 0 Å². The van der Waals surface area contributed by atoms with Gasteiger partial charge in [-0.05, 0) is 75.6 Å². The maximum absolute atomic E-state index is 11.7. The van der Waals surface area contributed by atoms with Crippen LogP contribution in [0.15, 0.2) is 29.2 Å². The fraction of sp³-hybridized carbons (Fsp3) is 0.500. The van der Waals surface area contributed by atoms with Gasteiger partial charge in [0.15, 0.2) is 9.84 Å². The first kappa shape index (κ1) is 21.0. The second-order valence-electron chi connectivity index (χ2n) is 9.31. The predicted molar refractivity (Wildman–Crippen MR) is 123 cm³/mol. The standard InChI is InChI=1S/C24H32N2O3S/c1-16-17(2)23-21(15-24(4,5)29-23)18(3)22(16)26-13-11-25(12-14-26)19-7-9-20(10-8-19)30(6,27)28/h7-10H,11-15H2,1-6H3. The van der Waals surface area contributed by atoms with E-state index in [0.29, 0.717) is 4.90 Å². The summed E-state index contributed by atoms with van der Waals surface area (Å²) in [7, 11) is -3.16. The predicted octanol–water partition coefficient (Wildman–Crippen LogP) is 4.06. The molecule has 0 spiro atoms. The maximum Gasteiger partial charge on any atom is 0.175 e. The molecule has 162 valence electrons. The molecule has 0 atom stereocenters. The summed E-state index contributed by atoms with van der Waals surface area (Å²) < 4.78 is 29.7. The Morgan fingerprint density at radius 1 is 0.867 bits per heavy atom. The number of nitrogens with zero attached hydrogens (tertiary/aromatic N) is 2. The van der Waals surface area contributed by atoms with Gasteiger partial charge in [0.2, 0.25) is 0 Å². The van der Waals surface area contributed by atoms with Crippen LogP contribution < -0.4 is 14.5 Å². The third kappa shape index (κ3) is 3.66. The average molecular weight is 429 g/mol. The lowest BCUT2D eigenvalue weighted by atomic mass is 9.92. The summed E-state index contributed by atoms with van der Waals surface area (Å²) in [6.07, 6.45) is 2.20. The average Bonchev–Trinajstić information content (AvgIpc) is 3.02. The number of hydrogen-bond acceptors (Lipinski definition) is 5. The largest absolute Gasteiger partial charge is 0.487 e. The van der Waals surface area contributed by atoms with Crippen molar-refractivity contribution in [1.29, 1.82) is 0 Å². The van der Waals surface area contributed by atoms with Gasteiger partial charge in [0.05, 0.1) is 4.90 Å². The molecule has 30 heavy (non-hydrogen) atoms. The summed E-state index contributed by atoms with van der Waals surface area (Å²) in [5.74, 6) is 1.09. The molecular formula is C24H32N2O3S. The highest BCUT2D eigenvalue weighted by Gasteiger charge is 2.35. The van der Waals surface area contributed by atoms with Crippen molar-refractivity contribution < 1.29 is 13.2 Å². The Hall–Kier alpha value is -2.21. The zero-order chi connectivity index (χ0) is 21.8. The van der Waals surface area contributed by atoms with Gasteiger partial charge in [0, 0.05) is 55.8 Å². The minimum absolute atomic E-state index is 0.139. The Morgan fingerprint density at radius 2 is 1.43 bits per heavy atom. The van der Waals surface area contributed by atoms with Crippen molar-refractivity contribution in [3.8, 4) is 5.75 Å². The van der Waals surface area contributed by atoms with Gasteiger partial charge in [-0.3, -0.25) is 0 Å². The molecule has 0 unspecified atom stereocenters. The lowest BCUT2D eigenvalue weighted by Gasteiger charge is -2.39. The van der Waals surface area contributed by atoms with Crippen LogP contribution in [0.4, 0.5) is 11.4 Å². The van der Waals surface area contributed by atoms with Crippen molar-refractivity contribution in [3.05, 3.63) is 46.5 Å². The van der Waals surface area contributed by atoms with Gasteiger partial charge in [0.25, 0.3) is 0 Å². The first-order valence-corrected chi connectivity index (χ1v) is 12.5. The molecule has 2 aromatic carbocycles. The lowest BCUT2D eigenvalue weighted by molar-refractivity contribution is 0.137. The molecule has 6 heteroatoms. The molecule has 0 saturated carbocycles. The first-order chi connectivity index (χ1) is 14.0. The molecule has 0 amide bonds. The van der Waals surface area contributed by atoms with Crippen molar-refractivity contribution in [2.45, 2.75) is 51.5 Å². The Kier molecular flexibility index (Phi) is 5.04. The van der Waals surface area contributed by atoms with Crippen LogP contribution >= 0.6 is 0 Å². The van der Waals surface area contributed by atoms with Crippen LogP contribution in [-0.2, 0) is 16.3 Å².